The van der Waals surface area contributed by atoms with Crippen LogP contribution in [0.15, 0.2) is 61.7 Å². The van der Waals surface area contributed by atoms with Crippen molar-refractivity contribution in [3.05, 3.63) is 63.5 Å². The van der Waals surface area contributed by atoms with Crippen molar-refractivity contribution in [3.63, 3.8) is 0 Å². The Balaban J connectivity index is 1.86. The van der Waals surface area contributed by atoms with Gasteiger partial charge in [0.1, 0.15) is 11.5 Å². The lowest BCUT2D eigenvalue weighted by Crippen LogP contribution is -2.52. The Morgan fingerprint density at radius 3 is 3.08 bits per heavy atom. The molecule has 4 rings (SSSR count). The fourth-order valence-corrected chi connectivity index (χ4v) is 3.72. The number of hydrogen-bond acceptors (Lipinski definition) is 6. The van der Waals surface area contributed by atoms with Gasteiger partial charge in [-0.2, -0.15) is 0 Å². The third-order valence-corrected chi connectivity index (χ3v) is 5.09. The molecule has 1 N–H and O–H groups in total. The summed E-state index contributed by atoms with van der Waals surface area (Å²) in [5, 5.41) is 11.2. The molecule has 2 aliphatic heterocycles. The van der Waals surface area contributed by atoms with Gasteiger partial charge in [0.2, 0.25) is 0 Å². The van der Waals surface area contributed by atoms with Crippen molar-refractivity contribution in [1.29, 1.82) is 0 Å². The SMILES string of the molecule is CCSC1=NN2C(=c3cc(Br)ccc3=N[C@@H]2/C=C/c2ccco2)C(=O)N1. The number of fused-ring (bicyclic) bond motifs is 2. The van der Waals surface area contributed by atoms with Crippen LogP contribution in [-0.2, 0) is 4.79 Å². The first kappa shape index (κ1) is 17.1. The number of nitrogens with one attached hydrogen (secondary N) is 1. The molecule has 0 fully saturated rings. The molecule has 132 valence electrons. The molecule has 0 spiro atoms. The van der Waals surface area contributed by atoms with Gasteiger partial charge in [-0.25, -0.2) is 5.01 Å². The molecule has 3 heterocycles. The highest BCUT2D eigenvalue weighted by atomic mass is 79.9. The fraction of sp³-hybridized carbons (Fsp3) is 0.167. The second-order valence-electron chi connectivity index (χ2n) is 5.56. The van der Waals surface area contributed by atoms with Crippen molar-refractivity contribution >= 4 is 50.5 Å². The molecule has 0 unspecified atom stereocenters. The average Bonchev–Trinajstić information content (AvgIpc) is 3.13. The number of hydrazone groups is 1. The van der Waals surface area contributed by atoms with E-state index in [0.29, 0.717) is 10.9 Å². The number of halogens is 1. The number of thioether (sulfide) groups is 1. The Morgan fingerprint density at radius 1 is 1.42 bits per heavy atom. The zero-order chi connectivity index (χ0) is 18.1. The van der Waals surface area contributed by atoms with Gasteiger partial charge in [0, 0.05) is 9.69 Å². The maximum Gasteiger partial charge on any atom is 0.276 e. The fourth-order valence-electron chi connectivity index (χ4n) is 2.77. The maximum atomic E-state index is 12.8. The lowest BCUT2D eigenvalue weighted by molar-refractivity contribution is -0.116. The molecule has 1 aromatic carbocycles. The molecule has 0 saturated carbocycles. The van der Waals surface area contributed by atoms with Crippen LogP contribution >= 0.6 is 27.7 Å². The largest absolute Gasteiger partial charge is 0.465 e. The van der Waals surface area contributed by atoms with E-state index in [2.05, 4.69) is 26.3 Å². The highest BCUT2D eigenvalue weighted by Crippen LogP contribution is 2.22. The van der Waals surface area contributed by atoms with E-state index in [1.165, 1.54) is 11.8 Å². The third kappa shape index (κ3) is 3.22. The number of nitrogens with zero attached hydrogens (tertiary/aromatic N) is 3. The lowest BCUT2D eigenvalue weighted by Gasteiger charge is -2.32. The summed E-state index contributed by atoms with van der Waals surface area (Å²) in [5.41, 5.74) is 0.492. The molecule has 2 aliphatic rings. The van der Waals surface area contributed by atoms with Gasteiger partial charge in [-0.3, -0.25) is 15.1 Å². The minimum Gasteiger partial charge on any atom is -0.465 e. The van der Waals surface area contributed by atoms with E-state index < -0.39 is 6.17 Å². The van der Waals surface area contributed by atoms with Gasteiger partial charge >= 0.3 is 0 Å². The van der Waals surface area contributed by atoms with Gasteiger partial charge in [0.25, 0.3) is 5.91 Å². The molecule has 0 aliphatic carbocycles. The number of rotatable bonds is 3. The van der Waals surface area contributed by atoms with Crippen molar-refractivity contribution in [3.8, 4) is 0 Å². The zero-order valence-corrected chi connectivity index (χ0v) is 16.3. The zero-order valence-electron chi connectivity index (χ0n) is 13.8. The van der Waals surface area contributed by atoms with Crippen LogP contribution in [0.2, 0.25) is 0 Å². The van der Waals surface area contributed by atoms with Gasteiger partial charge < -0.3 is 4.42 Å². The predicted molar refractivity (Wildman–Crippen MR) is 105 cm³/mol. The monoisotopic (exact) mass is 430 g/mol. The summed E-state index contributed by atoms with van der Waals surface area (Å²) in [5.74, 6) is 1.35. The standard InChI is InChI=1S/C18H15BrN4O2S/c1-2-26-18-21-17(24)16-13-10-11(19)5-7-14(13)20-15(23(16)22-18)8-6-12-4-3-9-25-12/h3-10,15H,2H2,1H3,(H,21,22,24)/b8-6+/t15-/m0/s1. The second-order valence-corrected chi connectivity index (χ2v) is 7.73. The van der Waals surface area contributed by atoms with E-state index in [9.17, 15) is 4.79 Å². The summed E-state index contributed by atoms with van der Waals surface area (Å²) in [6.07, 6.45) is 4.90. The van der Waals surface area contributed by atoms with Crippen molar-refractivity contribution in [1.82, 2.24) is 10.3 Å². The van der Waals surface area contributed by atoms with Gasteiger partial charge in [0.15, 0.2) is 11.3 Å². The number of hydrogen-bond donors (Lipinski definition) is 1. The number of furan rings is 1. The predicted octanol–water partition coefficient (Wildman–Crippen LogP) is 2.28. The van der Waals surface area contributed by atoms with Crippen LogP contribution in [0.5, 0.6) is 0 Å². The van der Waals surface area contributed by atoms with E-state index in [1.807, 2.05) is 49.4 Å². The van der Waals surface area contributed by atoms with E-state index in [1.54, 1.807) is 11.3 Å². The van der Waals surface area contributed by atoms with Crippen LogP contribution < -0.4 is 15.9 Å². The first-order valence-electron chi connectivity index (χ1n) is 8.07. The highest BCUT2D eigenvalue weighted by Gasteiger charge is 2.32. The first-order chi connectivity index (χ1) is 12.7. The molecule has 6 nitrogen and oxygen atoms in total. The minimum atomic E-state index is -0.428. The topological polar surface area (TPSA) is 70.2 Å². The van der Waals surface area contributed by atoms with Crippen LogP contribution in [-0.4, -0.2) is 28.0 Å². The summed E-state index contributed by atoms with van der Waals surface area (Å²) in [6, 6.07) is 9.38. The molecule has 0 radical (unpaired) electrons. The van der Waals surface area contributed by atoms with Crippen molar-refractivity contribution in [2.24, 2.45) is 10.1 Å². The van der Waals surface area contributed by atoms with Crippen LogP contribution in [0.25, 0.3) is 11.8 Å². The Bertz CT molecular complexity index is 1030. The summed E-state index contributed by atoms with van der Waals surface area (Å²) < 4.78 is 6.23. The van der Waals surface area contributed by atoms with E-state index in [4.69, 9.17) is 9.41 Å². The summed E-state index contributed by atoms with van der Waals surface area (Å²) in [6.45, 7) is 2.01. The van der Waals surface area contributed by atoms with Gasteiger partial charge in [-0.05, 0) is 48.2 Å². The molecule has 26 heavy (non-hydrogen) atoms. The smallest absolute Gasteiger partial charge is 0.276 e. The molecule has 0 bridgehead atoms. The van der Waals surface area contributed by atoms with E-state index >= 15 is 0 Å². The number of benzene rings is 1. The van der Waals surface area contributed by atoms with Crippen molar-refractivity contribution in [2.75, 3.05) is 5.75 Å². The Kier molecular flexibility index (Phi) is 4.69. The van der Waals surface area contributed by atoms with Crippen LogP contribution in [0, 0.1) is 0 Å². The maximum absolute atomic E-state index is 12.8. The first-order valence-corrected chi connectivity index (χ1v) is 9.85. The number of amides is 1. The lowest BCUT2D eigenvalue weighted by atomic mass is 10.1. The Hall–Kier alpha value is -2.32. The van der Waals surface area contributed by atoms with Gasteiger partial charge in [-0.1, -0.05) is 34.6 Å². The third-order valence-electron chi connectivity index (χ3n) is 3.86. The average molecular weight is 431 g/mol. The molecule has 0 saturated heterocycles. The number of amidine groups is 1. The molecule has 2 aromatic rings. The van der Waals surface area contributed by atoms with E-state index in [0.717, 1.165) is 26.6 Å². The summed E-state index contributed by atoms with van der Waals surface area (Å²) in [7, 11) is 0. The molecule has 1 atom stereocenters. The quantitative estimate of drug-likeness (QED) is 0.810. The molecule has 1 amide bonds. The summed E-state index contributed by atoms with van der Waals surface area (Å²) in [4.78, 5) is 17.5. The number of carbonyl (C=O) groups excluding carboxylic acids is 1. The number of carbonyl (C=O) groups is 1. The molecule has 1 aromatic heterocycles. The molecular formula is C18H15BrN4O2S. The van der Waals surface area contributed by atoms with E-state index in [-0.39, 0.29) is 5.91 Å². The highest BCUT2D eigenvalue weighted by molar-refractivity contribution is 9.10. The van der Waals surface area contributed by atoms with Gasteiger partial charge in [-0.15, -0.1) is 5.10 Å². The van der Waals surface area contributed by atoms with Crippen molar-refractivity contribution in [2.45, 2.75) is 13.1 Å². The molecule has 8 heteroatoms. The van der Waals surface area contributed by atoms with Crippen LogP contribution in [0.3, 0.4) is 0 Å². The van der Waals surface area contributed by atoms with Crippen LogP contribution in [0.1, 0.15) is 12.7 Å². The Morgan fingerprint density at radius 2 is 2.31 bits per heavy atom. The van der Waals surface area contributed by atoms with Gasteiger partial charge in [0.05, 0.1) is 11.6 Å². The minimum absolute atomic E-state index is 0.179. The normalized spacial score (nSPS) is 18.9. The van der Waals surface area contributed by atoms with Crippen molar-refractivity contribution < 1.29 is 9.21 Å². The molecular weight excluding hydrogens is 416 g/mol. The summed E-state index contributed by atoms with van der Waals surface area (Å²) >= 11 is 4.95. The second kappa shape index (κ2) is 7.13. The van der Waals surface area contributed by atoms with Crippen LogP contribution in [0.4, 0.5) is 0 Å². The Labute approximate surface area is 162 Å².